The molecule has 2 aromatic carbocycles. The highest BCUT2D eigenvalue weighted by Gasteiger charge is 2.28. The van der Waals surface area contributed by atoms with Crippen LogP contribution in [0.3, 0.4) is 0 Å². The van der Waals surface area contributed by atoms with Crippen LogP contribution in [0, 0.1) is 0 Å². The number of fused-ring (bicyclic) bond motifs is 2. The van der Waals surface area contributed by atoms with Crippen LogP contribution in [0.1, 0.15) is 22.6 Å². The van der Waals surface area contributed by atoms with Gasteiger partial charge in [-0.3, -0.25) is 0 Å². The zero-order valence-electron chi connectivity index (χ0n) is 12.0. The lowest BCUT2D eigenvalue weighted by Crippen LogP contribution is -2.20. The Hall–Kier alpha value is -1.23. The first kappa shape index (κ1) is 15.7. The number of hydrogen-bond acceptors (Lipinski definition) is 3. The van der Waals surface area contributed by atoms with Crippen molar-refractivity contribution in [2.75, 3.05) is 19.9 Å². The molecule has 0 saturated heterocycles. The van der Waals surface area contributed by atoms with Crippen molar-refractivity contribution in [2.45, 2.75) is 12.3 Å². The van der Waals surface area contributed by atoms with Crippen LogP contribution in [0.2, 0.25) is 0 Å². The second-order valence-electron chi connectivity index (χ2n) is 5.41. The van der Waals surface area contributed by atoms with Crippen molar-refractivity contribution in [2.24, 2.45) is 0 Å². The Labute approximate surface area is 144 Å². The van der Waals surface area contributed by atoms with Gasteiger partial charge in [-0.15, -0.1) is 12.4 Å². The third-order valence-electron chi connectivity index (χ3n) is 4.22. The molecule has 1 unspecified atom stereocenters. The summed E-state index contributed by atoms with van der Waals surface area (Å²) in [5.74, 6) is 2.04. The van der Waals surface area contributed by atoms with E-state index in [1.807, 2.05) is 0 Å². The highest BCUT2D eigenvalue weighted by molar-refractivity contribution is 9.10. The molecule has 0 aliphatic carbocycles. The van der Waals surface area contributed by atoms with Crippen molar-refractivity contribution < 1.29 is 9.47 Å². The topological polar surface area (TPSA) is 30.5 Å². The lowest BCUT2D eigenvalue weighted by atomic mass is 9.88. The summed E-state index contributed by atoms with van der Waals surface area (Å²) in [6, 6.07) is 12.8. The van der Waals surface area contributed by atoms with Gasteiger partial charge >= 0.3 is 0 Å². The number of hydrogen-bond donors (Lipinski definition) is 1. The smallest absolute Gasteiger partial charge is 0.231 e. The summed E-state index contributed by atoms with van der Waals surface area (Å²) in [5, 5.41) is 3.54. The Morgan fingerprint density at radius 3 is 2.77 bits per heavy atom. The summed E-state index contributed by atoms with van der Waals surface area (Å²) in [4.78, 5) is 0. The van der Waals surface area contributed by atoms with Crippen molar-refractivity contribution in [1.29, 1.82) is 0 Å². The highest BCUT2D eigenvalue weighted by atomic mass is 79.9. The van der Waals surface area contributed by atoms with Crippen molar-refractivity contribution in [3.8, 4) is 11.5 Å². The third kappa shape index (κ3) is 2.60. The minimum absolute atomic E-state index is 0. The molecule has 0 fully saturated rings. The largest absolute Gasteiger partial charge is 0.454 e. The first-order chi connectivity index (χ1) is 10.3. The van der Waals surface area contributed by atoms with E-state index >= 15 is 0 Å². The fourth-order valence-electron chi connectivity index (χ4n) is 3.18. The maximum Gasteiger partial charge on any atom is 0.231 e. The van der Waals surface area contributed by atoms with E-state index in [1.54, 1.807) is 0 Å². The number of ether oxygens (including phenoxy) is 2. The molecule has 2 heterocycles. The summed E-state index contributed by atoms with van der Waals surface area (Å²) in [6.07, 6.45) is 0.996. The molecule has 0 spiro atoms. The normalized spacial score (nSPS) is 19.0. The molecule has 1 N–H and O–H groups in total. The molecule has 3 nitrogen and oxygen atoms in total. The molecule has 4 rings (SSSR count). The number of nitrogens with one attached hydrogen (secondary N) is 1. The fourth-order valence-corrected chi connectivity index (χ4v) is 3.91. The minimum atomic E-state index is 0. The van der Waals surface area contributed by atoms with Crippen LogP contribution >= 0.6 is 28.3 Å². The Morgan fingerprint density at radius 1 is 1.14 bits per heavy atom. The summed E-state index contributed by atoms with van der Waals surface area (Å²) >= 11 is 3.72. The van der Waals surface area contributed by atoms with E-state index in [9.17, 15) is 0 Å². The highest BCUT2D eigenvalue weighted by Crippen LogP contribution is 2.46. The molecule has 2 aliphatic rings. The van der Waals surface area contributed by atoms with Crippen molar-refractivity contribution in [3.63, 3.8) is 0 Å². The van der Waals surface area contributed by atoms with E-state index in [-0.39, 0.29) is 12.4 Å². The average molecular weight is 383 g/mol. The van der Waals surface area contributed by atoms with Gasteiger partial charge in [-0.25, -0.2) is 0 Å². The van der Waals surface area contributed by atoms with Crippen LogP contribution in [0.15, 0.2) is 40.9 Å². The third-order valence-corrected chi connectivity index (χ3v) is 5.06. The van der Waals surface area contributed by atoms with Gasteiger partial charge in [0.05, 0.1) is 4.47 Å². The molecule has 0 bridgehead atoms. The summed E-state index contributed by atoms with van der Waals surface area (Å²) in [5.41, 5.74) is 4.00. The molecule has 116 valence electrons. The lowest BCUT2D eigenvalue weighted by Gasteiger charge is -2.19. The predicted octanol–water partition coefficient (Wildman–Crippen LogP) is 3.88. The van der Waals surface area contributed by atoms with Crippen LogP contribution in [-0.2, 0) is 6.42 Å². The quantitative estimate of drug-likeness (QED) is 0.812. The van der Waals surface area contributed by atoms with Gasteiger partial charge in [0.15, 0.2) is 11.5 Å². The van der Waals surface area contributed by atoms with Gasteiger partial charge in [-0.05, 0) is 51.7 Å². The van der Waals surface area contributed by atoms with Crippen LogP contribution in [0.5, 0.6) is 11.5 Å². The van der Waals surface area contributed by atoms with Gasteiger partial charge in [0.2, 0.25) is 6.79 Å². The monoisotopic (exact) mass is 381 g/mol. The fraction of sp³-hybridized carbons (Fsp3) is 0.294. The summed E-state index contributed by atoms with van der Waals surface area (Å²) < 4.78 is 12.2. The summed E-state index contributed by atoms with van der Waals surface area (Å²) in [7, 11) is 0. The van der Waals surface area contributed by atoms with Crippen LogP contribution in [0.25, 0.3) is 0 Å². The zero-order chi connectivity index (χ0) is 14.2. The van der Waals surface area contributed by atoms with Gasteiger partial charge in [-0.1, -0.05) is 30.3 Å². The molecular formula is C17H17BrClNO2. The maximum atomic E-state index is 5.60. The maximum absolute atomic E-state index is 5.60. The van der Waals surface area contributed by atoms with Crippen LogP contribution in [-0.4, -0.2) is 19.9 Å². The predicted molar refractivity (Wildman–Crippen MR) is 92.4 cm³/mol. The molecule has 0 aromatic heterocycles. The lowest BCUT2D eigenvalue weighted by molar-refractivity contribution is 0.173. The van der Waals surface area contributed by atoms with E-state index < -0.39 is 0 Å². The number of rotatable bonds is 1. The average Bonchev–Trinajstić information content (AvgIpc) is 2.88. The van der Waals surface area contributed by atoms with E-state index in [2.05, 4.69) is 57.6 Å². The van der Waals surface area contributed by atoms with E-state index in [0.717, 1.165) is 35.5 Å². The van der Waals surface area contributed by atoms with E-state index in [0.29, 0.717) is 12.7 Å². The molecular weight excluding hydrogens is 366 g/mol. The van der Waals surface area contributed by atoms with Crippen molar-refractivity contribution >= 4 is 28.3 Å². The SMILES string of the molecule is Brc1c2c(cc3c1OCO3)C(c1ccccc1)CNCC2.Cl. The van der Waals surface area contributed by atoms with Crippen LogP contribution in [0.4, 0.5) is 0 Å². The Morgan fingerprint density at radius 2 is 1.95 bits per heavy atom. The van der Waals surface area contributed by atoms with Crippen molar-refractivity contribution in [1.82, 2.24) is 5.32 Å². The van der Waals surface area contributed by atoms with Gasteiger partial charge in [0.1, 0.15) is 0 Å². The molecule has 0 amide bonds. The first-order valence-corrected chi connectivity index (χ1v) is 8.00. The second-order valence-corrected chi connectivity index (χ2v) is 6.20. The van der Waals surface area contributed by atoms with Gasteiger partial charge in [0.25, 0.3) is 0 Å². The molecule has 2 aliphatic heterocycles. The Kier molecular flexibility index (Phi) is 4.62. The molecule has 0 radical (unpaired) electrons. The van der Waals surface area contributed by atoms with Crippen molar-refractivity contribution in [3.05, 3.63) is 57.6 Å². The summed E-state index contributed by atoms with van der Waals surface area (Å²) in [6.45, 7) is 2.24. The molecule has 1 atom stereocenters. The number of halogens is 2. The first-order valence-electron chi connectivity index (χ1n) is 7.21. The Balaban J connectivity index is 0.00000144. The van der Waals surface area contributed by atoms with E-state index in [1.165, 1.54) is 16.7 Å². The molecule has 2 aromatic rings. The zero-order valence-corrected chi connectivity index (χ0v) is 14.4. The Bertz CT molecular complexity index is 678. The minimum Gasteiger partial charge on any atom is -0.454 e. The molecule has 0 saturated carbocycles. The molecule has 22 heavy (non-hydrogen) atoms. The van der Waals surface area contributed by atoms with Gasteiger partial charge in [-0.2, -0.15) is 0 Å². The van der Waals surface area contributed by atoms with E-state index in [4.69, 9.17) is 9.47 Å². The molecule has 5 heteroatoms. The number of benzene rings is 2. The second kappa shape index (κ2) is 6.49. The van der Waals surface area contributed by atoms with Crippen LogP contribution < -0.4 is 14.8 Å². The van der Waals surface area contributed by atoms with Gasteiger partial charge < -0.3 is 14.8 Å². The van der Waals surface area contributed by atoms with Gasteiger partial charge in [0, 0.05) is 12.5 Å². The standard InChI is InChI=1S/C17H16BrNO2.ClH/c18-16-12-6-7-19-9-14(11-4-2-1-3-5-11)13(12)8-15-17(16)21-10-20-15;/h1-5,8,14,19H,6-7,9-10H2;1H.